The van der Waals surface area contributed by atoms with Crippen molar-refractivity contribution in [3.63, 3.8) is 0 Å². The van der Waals surface area contributed by atoms with Gasteiger partial charge in [0, 0.05) is 18.2 Å². The fraction of sp³-hybridized carbons (Fsp3) is 0.227. The summed E-state index contributed by atoms with van der Waals surface area (Å²) >= 11 is 0. The number of carbonyl (C=O) groups excluding carboxylic acids is 1. The van der Waals surface area contributed by atoms with Gasteiger partial charge in [-0.15, -0.1) is 0 Å². The summed E-state index contributed by atoms with van der Waals surface area (Å²) in [5, 5.41) is 14.3. The Balaban J connectivity index is 0.000000941. The van der Waals surface area contributed by atoms with Gasteiger partial charge in [-0.2, -0.15) is 5.10 Å². The Kier molecular flexibility index (Phi) is 8.12. The van der Waals surface area contributed by atoms with Crippen LogP contribution in [0.25, 0.3) is 0 Å². The highest BCUT2D eigenvalue weighted by Gasteiger charge is 2.15. The molecule has 3 rings (SSSR count). The molecule has 0 fully saturated rings. The van der Waals surface area contributed by atoms with Crippen molar-refractivity contribution in [3.05, 3.63) is 83.6 Å². The number of rotatable bonds is 6. The first-order valence-corrected chi connectivity index (χ1v) is 9.17. The zero-order valence-corrected chi connectivity index (χ0v) is 16.8. The normalized spacial score (nSPS) is 11.3. The number of aromatic nitrogens is 2. The number of amides is 1. The van der Waals surface area contributed by atoms with E-state index in [1.165, 1.54) is 0 Å². The molecule has 0 radical (unpaired) electrons. The molecule has 0 saturated heterocycles. The summed E-state index contributed by atoms with van der Waals surface area (Å²) < 4.78 is 1.83. The SMILES string of the molecule is CC(c1ccccc1)n1nccc1NC(=O)c1cccc(CN(C)C)c1.O=CO. The van der Waals surface area contributed by atoms with E-state index in [-0.39, 0.29) is 18.4 Å². The van der Waals surface area contributed by atoms with E-state index in [9.17, 15) is 4.79 Å². The second-order valence-electron chi connectivity index (χ2n) is 6.75. The van der Waals surface area contributed by atoms with Gasteiger partial charge >= 0.3 is 0 Å². The van der Waals surface area contributed by atoms with Gasteiger partial charge in [0.25, 0.3) is 12.4 Å². The van der Waals surface area contributed by atoms with Crippen LogP contribution < -0.4 is 5.32 Å². The number of hydrogen-bond acceptors (Lipinski definition) is 4. The molecule has 7 heteroatoms. The van der Waals surface area contributed by atoms with Gasteiger partial charge in [-0.1, -0.05) is 42.5 Å². The van der Waals surface area contributed by atoms with Crippen LogP contribution in [-0.2, 0) is 11.3 Å². The van der Waals surface area contributed by atoms with Crippen molar-refractivity contribution in [1.29, 1.82) is 0 Å². The number of anilines is 1. The number of carbonyl (C=O) groups is 2. The molecule has 3 aromatic rings. The average molecular weight is 394 g/mol. The van der Waals surface area contributed by atoms with Crippen molar-refractivity contribution in [3.8, 4) is 0 Å². The maximum Gasteiger partial charge on any atom is 0.290 e. The van der Waals surface area contributed by atoms with E-state index >= 15 is 0 Å². The van der Waals surface area contributed by atoms with Crippen LogP contribution in [0.15, 0.2) is 66.9 Å². The molecule has 0 aliphatic rings. The Labute approximate surface area is 170 Å². The molecule has 2 aromatic carbocycles. The van der Waals surface area contributed by atoms with Gasteiger partial charge in [0.2, 0.25) is 0 Å². The Morgan fingerprint density at radius 2 is 1.86 bits per heavy atom. The molecular weight excluding hydrogens is 368 g/mol. The van der Waals surface area contributed by atoms with Gasteiger partial charge in [0.1, 0.15) is 5.82 Å². The van der Waals surface area contributed by atoms with Crippen LogP contribution in [0.3, 0.4) is 0 Å². The predicted molar refractivity (Wildman–Crippen MR) is 113 cm³/mol. The van der Waals surface area contributed by atoms with E-state index < -0.39 is 0 Å². The molecule has 1 atom stereocenters. The van der Waals surface area contributed by atoms with E-state index in [1.54, 1.807) is 6.20 Å². The molecule has 0 bridgehead atoms. The summed E-state index contributed by atoms with van der Waals surface area (Å²) in [6.07, 6.45) is 1.71. The van der Waals surface area contributed by atoms with Crippen molar-refractivity contribution in [2.45, 2.75) is 19.5 Å². The molecule has 1 aromatic heterocycles. The third-order valence-electron chi connectivity index (χ3n) is 4.25. The fourth-order valence-corrected chi connectivity index (χ4v) is 2.96. The maximum atomic E-state index is 12.7. The second-order valence-corrected chi connectivity index (χ2v) is 6.75. The minimum Gasteiger partial charge on any atom is -0.483 e. The van der Waals surface area contributed by atoms with Crippen LogP contribution in [0.1, 0.15) is 34.5 Å². The molecule has 152 valence electrons. The molecule has 1 amide bonds. The lowest BCUT2D eigenvalue weighted by molar-refractivity contribution is -0.122. The number of benzene rings is 2. The van der Waals surface area contributed by atoms with Gasteiger partial charge < -0.3 is 15.3 Å². The lowest BCUT2D eigenvalue weighted by atomic mass is 10.1. The Bertz CT molecular complexity index is 923. The van der Waals surface area contributed by atoms with E-state index in [2.05, 4.69) is 34.4 Å². The first-order valence-electron chi connectivity index (χ1n) is 9.17. The third-order valence-corrected chi connectivity index (χ3v) is 4.25. The van der Waals surface area contributed by atoms with Gasteiger partial charge in [0.05, 0.1) is 12.2 Å². The number of hydrogen-bond donors (Lipinski definition) is 2. The Morgan fingerprint density at radius 1 is 1.17 bits per heavy atom. The minimum atomic E-state index is -0.250. The Morgan fingerprint density at radius 3 is 2.52 bits per heavy atom. The molecule has 0 aliphatic carbocycles. The van der Waals surface area contributed by atoms with E-state index in [0.29, 0.717) is 11.4 Å². The number of nitrogens with zero attached hydrogens (tertiary/aromatic N) is 3. The van der Waals surface area contributed by atoms with Gasteiger partial charge in [-0.25, -0.2) is 4.68 Å². The highest BCUT2D eigenvalue weighted by Crippen LogP contribution is 2.21. The van der Waals surface area contributed by atoms with Gasteiger partial charge in [0.15, 0.2) is 0 Å². The Hall–Kier alpha value is -3.45. The van der Waals surface area contributed by atoms with E-state index in [4.69, 9.17) is 9.90 Å². The molecule has 7 nitrogen and oxygen atoms in total. The van der Waals surface area contributed by atoms with Crippen LogP contribution in [0, 0.1) is 0 Å². The average Bonchev–Trinajstić information content (AvgIpc) is 3.16. The molecule has 0 saturated carbocycles. The molecular formula is C22H26N4O3. The minimum absolute atomic E-state index is 0.0292. The van der Waals surface area contributed by atoms with Gasteiger partial charge in [-0.3, -0.25) is 9.59 Å². The maximum absolute atomic E-state index is 12.7. The summed E-state index contributed by atoms with van der Waals surface area (Å²) in [4.78, 5) is 23.1. The molecule has 2 N–H and O–H groups in total. The monoisotopic (exact) mass is 394 g/mol. The van der Waals surface area contributed by atoms with Gasteiger partial charge in [-0.05, 0) is 44.3 Å². The zero-order chi connectivity index (χ0) is 21.2. The summed E-state index contributed by atoms with van der Waals surface area (Å²) in [7, 11) is 4.02. The molecule has 1 heterocycles. The van der Waals surface area contributed by atoms with Crippen LogP contribution >= 0.6 is 0 Å². The van der Waals surface area contributed by atoms with E-state index in [0.717, 1.165) is 17.7 Å². The van der Waals surface area contributed by atoms with Crippen molar-refractivity contribution < 1.29 is 14.7 Å². The van der Waals surface area contributed by atoms with Crippen molar-refractivity contribution in [2.24, 2.45) is 0 Å². The summed E-state index contributed by atoms with van der Waals surface area (Å²) in [5.41, 5.74) is 2.89. The molecule has 0 aliphatic heterocycles. The number of nitrogens with one attached hydrogen (secondary N) is 1. The molecule has 0 spiro atoms. The third kappa shape index (κ3) is 6.29. The second kappa shape index (κ2) is 10.8. The highest BCUT2D eigenvalue weighted by atomic mass is 16.3. The molecule has 1 unspecified atom stereocenters. The van der Waals surface area contributed by atoms with Crippen LogP contribution in [-0.4, -0.2) is 46.3 Å². The van der Waals surface area contributed by atoms with E-state index in [1.807, 2.05) is 67.3 Å². The first kappa shape index (κ1) is 21.8. The van der Waals surface area contributed by atoms with Crippen LogP contribution in [0.4, 0.5) is 5.82 Å². The standard InChI is InChI=1S/C21H24N4O.CH2O2/c1-16(18-9-5-4-6-10-18)25-20(12-13-22-25)23-21(26)19-11-7-8-17(14-19)15-24(2)3;2-1-3/h4-14,16H,15H2,1-3H3,(H,23,26);1H,(H,2,3). The first-order chi connectivity index (χ1) is 14.0. The van der Waals surface area contributed by atoms with Crippen molar-refractivity contribution in [1.82, 2.24) is 14.7 Å². The summed E-state index contributed by atoms with van der Waals surface area (Å²) in [6, 6.07) is 19.7. The smallest absolute Gasteiger partial charge is 0.290 e. The fourth-order valence-electron chi connectivity index (χ4n) is 2.96. The summed E-state index contributed by atoms with van der Waals surface area (Å²) in [6.45, 7) is 2.61. The van der Waals surface area contributed by atoms with Crippen molar-refractivity contribution in [2.75, 3.05) is 19.4 Å². The van der Waals surface area contributed by atoms with Crippen LogP contribution in [0.5, 0.6) is 0 Å². The molecule has 29 heavy (non-hydrogen) atoms. The largest absolute Gasteiger partial charge is 0.483 e. The quantitative estimate of drug-likeness (QED) is 0.625. The van der Waals surface area contributed by atoms with Crippen molar-refractivity contribution >= 4 is 18.2 Å². The highest BCUT2D eigenvalue weighted by molar-refractivity contribution is 6.03. The number of carboxylic acid groups (broad SMARTS) is 1. The topological polar surface area (TPSA) is 87.5 Å². The zero-order valence-electron chi connectivity index (χ0n) is 16.8. The van der Waals surface area contributed by atoms with Crippen LogP contribution in [0.2, 0.25) is 0 Å². The lowest BCUT2D eigenvalue weighted by Gasteiger charge is -2.17. The predicted octanol–water partition coefficient (Wildman–Crippen LogP) is 3.51. The summed E-state index contributed by atoms with van der Waals surface area (Å²) in [5.74, 6) is 0.553. The lowest BCUT2D eigenvalue weighted by Crippen LogP contribution is -2.18.